The van der Waals surface area contributed by atoms with Gasteiger partial charge in [0.25, 0.3) is 5.56 Å². The molecule has 5 aromatic rings. The molecule has 0 aliphatic carbocycles. The second kappa shape index (κ2) is 14.8. The first kappa shape index (κ1) is 33.5. The molecule has 0 saturated heterocycles. The van der Waals surface area contributed by atoms with Crippen molar-refractivity contribution in [1.29, 1.82) is 5.26 Å². The Morgan fingerprint density at radius 2 is 1.78 bits per heavy atom. The number of benzene rings is 4. The van der Waals surface area contributed by atoms with Crippen LogP contribution in [0.3, 0.4) is 0 Å². The summed E-state index contributed by atoms with van der Waals surface area (Å²) in [5, 5.41) is 9.41. The number of hydrogen-bond donors (Lipinski definition) is 0. The third kappa shape index (κ3) is 6.66. The second-order valence-electron chi connectivity index (χ2n) is 10.8. The highest BCUT2D eigenvalue weighted by Crippen LogP contribution is 2.42. The summed E-state index contributed by atoms with van der Waals surface area (Å²) in [4.78, 5) is 33.5. The lowest BCUT2D eigenvalue weighted by Gasteiger charge is -2.27. The van der Waals surface area contributed by atoms with E-state index in [4.69, 9.17) is 23.9 Å². The minimum absolute atomic E-state index is 0.135. The molecule has 0 amide bonds. The standard InChI is InChI=1S/C38H30BrN3O6S/c1-4-47-37(44)32-33(24-11-6-5-7-12-24)41-38-42(34(32)27-15-10-16-30(45-2)35(27)46-3)36(43)31(49-38)20-23-17-18-29(28(39)19-23)48-22-26-14-9-8-13-25(26)21-40/h5-20,34H,4,22H2,1-3H3/b31-20-. The fourth-order valence-electron chi connectivity index (χ4n) is 5.65. The van der Waals surface area contributed by atoms with Crippen molar-refractivity contribution in [2.75, 3.05) is 20.8 Å². The van der Waals surface area contributed by atoms with Gasteiger partial charge in [-0.05, 0) is 58.8 Å². The third-order valence-corrected chi connectivity index (χ3v) is 9.48. The smallest absolute Gasteiger partial charge is 0.338 e. The highest BCUT2D eigenvalue weighted by Gasteiger charge is 2.37. The molecule has 4 aromatic carbocycles. The molecule has 1 atom stereocenters. The number of nitrogens with zero attached hydrogens (tertiary/aromatic N) is 3. The van der Waals surface area contributed by atoms with Crippen LogP contribution in [0, 0.1) is 11.3 Å². The number of halogens is 1. The van der Waals surface area contributed by atoms with E-state index in [1.807, 2.05) is 60.7 Å². The molecule has 6 rings (SSSR count). The lowest BCUT2D eigenvalue weighted by atomic mass is 9.92. The number of aromatic nitrogens is 1. The van der Waals surface area contributed by atoms with E-state index in [-0.39, 0.29) is 24.3 Å². The van der Waals surface area contributed by atoms with E-state index >= 15 is 0 Å². The first-order valence-electron chi connectivity index (χ1n) is 15.3. The number of carbonyl (C=O) groups is 1. The molecular weight excluding hydrogens is 706 g/mol. The predicted octanol–water partition coefficient (Wildman–Crippen LogP) is 6.17. The van der Waals surface area contributed by atoms with E-state index in [2.05, 4.69) is 22.0 Å². The van der Waals surface area contributed by atoms with Gasteiger partial charge in [-0.1, -0.05) is 78.1 Å². The Bertz CT molecular complexity index is 2310. The Labute approximate surface area is 294 Å². The van der Waals surface area contributed by atoms with E-state index in [1.54, 1.807) is 43.3 Å². The fourth-order valence-corrected chi connectivity index (χ4v) is 7.16. The lowest BCUT2D eigenvalue weighted by molar-refractivity contribution is -0.138. The number of fused-ring (bicyclic) bond motifs is 1. The average Bonchev–Trinajstić information content (AvgIpc) is 3.44. The van der Waals surface area contributed by atoms with Crippen molar-refractivity contribution < 1.29 is 23.7 Å². The number of para-hydroxylation sites is 1. The van der Waals surface area contributed by atoms with E-state index < -0.39 is 12.0 Å². The SMILES string of the molecule is CCOC(=O)C1=C(c2ccccc2)N=c2s/c(=C\c3ccc(OCc4ccccc4C#N)c(Br)c3)c(=O)n2C1c1cccc(OC)c1OC. The van der Waals surface area contributed by atoms with Gasteiger partial charge >= 0.3 is 5.97 Å². The minimum atomic E-state index is -0.934. The van der Waals surface area contributed by atoms with Crippen LogP contribution in [0.4, 0.5) is 0 Å². The van der Waals surface area contributed by atoms with Crippen molar-refractivity contribution >= 4 is 45.0 Å². The third-order valence-electron chi connectivity index (χ3n) is 7.88. The van der Waals surface area contributed by atoms with Crippen LogP contribution in [0.2, 0.25) is 0 Å². The number of hydrogen-bond acceptors (Lipinski definition) is 9. The number of methoxy groups -OCH3 is 2. The van der Waals surface area contributed by atoms with Gasteiger partial charge in [0.15, 0.2) is 16.3 Å². The van der Waals surface area contributed by atoms with Crippen molar-refractivity contribution in [1.82, 2.24) is 4.57 Å². The van der Waals surface area contributed by atoms with Gasteiger partial charge in [-0.15, -0.1) is 0 Å². The molecule has 0 N–H and O–H groups in total. The highest BCUT2D eigenvalue weighted by atomic mass is 79.9. The molecule has 11 heteroatoms. The normalized spacial score (nSPS) is 14.0. The van der Waals surface area contributed by atoms with Crippen LogP contribution >= 0.6 is 27.3 Å². The quantitative estimate of drug-likeness (QED) is 0.158. The second-order valence-corrected chi connectivity index (χ2v) is 12.6. The molecule has 1 aromatic heterocycles. The first-order chi connectivity index (χ1) is 23.9. The molecule has 9 nitrogen and oxygen atoms in total. The van der Waals surface area contributed by atoms with E-state index in [0.29, 0.717) is 53.4 Å². The minimum Gasteiger partial charge on any atom is -0.493 e. The molecule has 0 spiro atoms. The van der Waals surface area contributed by atoms with Crippen molar-refractivity contribution in [2.24, 2.45) is 4.99 Å². The zero-order valence-electron chi connectivity index (χ0n) is 26.8. The summed E-state index contributed by atoms with van der Waals surface area (Å²) < 4.78 is 25.6. The molecule has 2 heterocycles. The summed E-state index contributed by atoms with van der Waals surface area (Å²) in [5.41, 5.74) is 3.60. The molecule has 1 aliphatic rings. The zero-order valence-corrected chi connectivity index (χ0v) is 29.2. The van der Waals surface area contributed by atoms with E-state index in [1.165, 1.54) is 30.1 Å². The zero-order chi connectivity index (χ0) is 34.5. The summed E-state index contributed by atoms with van der Waals surface area (Å²) in [6, 6.07) is 28.7. The Hall–Kier alpha value is -5.44. The molecule has 0 radical (unpaired) electrons. The number of thiazole rings is 1. The molecule has 246 valence electrons. The van der Waals surface area contributed by atoms with Gasteiger partial charge in [-0.25, -0.2) is 9.79 Å². The number of ether oxygens (including phenoxy) is 4. The molecule has 49 heavy (non-hydrogen) atoms. The lowest BCUT2D eigenvalue weighted by Crippen LogP contribution is -2.40. The van der Waals surface area contributed by atoms with Crippen LogP contribution in [0.15, 0.2) is 111 Å². The Kier molecular flexibility index (Phi) is 10.1. The maximum absolute atomic E-state index is 14.4. The van der Waals surface area contributed by atoms with Gasteiger partial charge in [-0.2, -0.15) is 5.26 Å². The molecule has 0 bridgehead atoms. The number of rotatable bonds is 10. The molecule has 1 unspecified atom stereocenters. The topological polar surface area (TPSA) is 112 Å². The van der Waals surface area contributed by atoms with Crippen LogP contribution in [-0.2, 0) is 16.1 Å². The summed E-state index contributed by atoms with van der Waals surface area (Å²) in [6.45, 7) is 2.09. The molecule has 0 fully saturated rings. The van der Waals surface area contributed by atoms with E-state index in [0.717, 1.165) is 11.1 Å². The summed E-state index contributed by atoms with van der Waals surface area (Å²) in [7, 11) is 3.05. The van der Waals surface area contributed by atoms with Crippen LogP contribution in [0.25, 0.3) is 11.8 Å². The van der Waals surface area contributed by atoms with Crippen LogP contribution < -0.4 is 29.1 Å². The van der Waals surface area contributed by atoms with Gasteiger partial charge in [-0.3, -0.25) is 9.36 Å². The Balaban J connectivity index is 1.50. The maximum atomic E-state index is 14.4. The summed E-state index contributed by atoms with van der Waals surface area (Å²) in [6.07, 6.45) is 1.78. The van der Waals surface area contributed by atoms with Crippen LogP contribution in [-0.4, -0.2) is 31.4 Å². The van der Waals surface area contributed by atoms with Crippen molar-refractivity contribution in [3.63, 3.8) is 0 Å². The first-order valence-corrected chi connectivity index (χ1v) is 16.9. The van der Waals surface area contributed by atoms with Gasteiger partial charge in [0, 0.05) is 16.7 Å². The monoisotopic (exact) mass is 735 g/mol. The summed E-state index contributed by atoms with van der Waals surface area (Å²) >= 11 is 4.81. The van der Waals surface area contributed by atoms with Crippen LogP contribution in [0.1, 0.15) is 40.8 Å². The number of nitriles is 1. The van der Waals surface area contributed by atoms with Gasteiger partial charge in [0.1, 0.15) is 18.4 Å². The molecular formula is C38H30BrN3O6S. The number of esters is 1. The van der Waals surface area contributed by atoms with Gasteiger partial charge in [0.05, 0.1) is 52.7 Å². The highest BCUT2D eigenvalue weighted by molar-refractivity contribution is 9.10. The Morgan fingerprint density at radius 1 is 1.00 bits per heavy atom. The maximum Gasteiger partial charge on any atom is 0.338 e. The predicted molar refractivity (Wildman–Crippen MR) is 190 cm³/mol. The van der Waals surface area contributed by atoms with Crippen molar-refractivity contribution in [3.05, 3.63) is 149 Å². The van der Waals surface area contributed by atoms with Gasteiger partial charge < -0.3 is 18.9 Å². The Morgan fingerprint density at radius 3 is 2.49 bits per heavy atom. The summed E-state index contributed by atoms with van der Waals surface area (Å²) in [5.74, 6) is 0.832. The molecule has 1 aliphatic heterocycles. The van der Waals surface area contributed by atoms with Crippen molar-refractivity contribution in [2.45, 2.75) is 19.6 Å². The average molecular weight is 737 g/mol. The van der Waals surface area contributed by atoms with Gasteiger partial charge in [0.2, 0.25) is 0 Å². The fraction of sp³-hybridized carbons (Fsp3) is 0.158. The van der Waals surface area contributed by atoms with E-state index in [9.17, 15) is 14.9 Å². The van der Waals surface area contributed by atoms with Crippen LogP contribution in [0.5, 0.6) is 17.2 Å². The molecule has 0 saturated carbocycles. The largest absolute Gasteiger partial charge is 0.493 e. The van der Waals surface area contributed by atoms with Crippen molar-refractivity contribution in [3.8, 4) is 23.3 Å². The number of carbonyl (C=O) groups excluding carboxylic acids is 1.